The van der Waals surface area contributed by atoms with E-state index in [1.807, 2.05) is 18.2 Å². The lowest BCUT2D eigenvalue weighted by Crippen LogP contribution is -2.68. The van der Waals surface area contributed by atoms with Crippen LogP contribution < -0.4 is 5.32 Å². The van der Waals surface area contributed by atoms with Crippen LogP contribution in [0.15, 0.2) is 24.3 Å². The predicted molar refractivity (Wildman–Crippen MR) is 110 cm³/mol. The van der Waals surface area contributed by atoms with E-state index < -0.39 is 5.92 Å². The first-order chi connectivity index (χ1) is 13.8. The van der Waals surface area contributed by atoms with Crippen molar-refractivity contribution in [2.45, 2.75) is 43.6 Å². The zero-order valence-corrected chi connectivity index (χ0v) is 17.1. The molecule has 0 atom stereocenters. The van der Waals surface area contributed by atoms with Gasteiger partial charge in [-0.25, -0.2) is 8.78 Å². The molecule has 0 bridgehead atoms. The molecular weight excluding hydrogens is 418 g/mol. The number of halogens is 3. The van der Waals surface area contributed by atoms with Crippen LogP contribution in [0.2, 0.25) is 5.02 Å². The van der Waals surface area contributed by atoms with Crippen molar-refractivity contribution in [1.82, 2.24) is 10.2 Å². The van der Waals surface area contributed by atoms with Crippen molar-refractivity contribution in [3.05, 3.63) is 39.7 Å². The monoisotopic (exact) mass is 436 g/mol. The van der Waals surface area contributed by atoms with Crippen LogP contribution in [0.5, 0.6) is 0 Å². The number of hydrogen-bond acceptors (Lipinski definition) is 3. The van der Waals surface area contributed by atoms with Crippen LogP contribution in [0.3, 0.4) is 0 Å². The Bertz CT molecular complexity index is 1070. The van der Waals surface area contributed by atoms with E-state index >= 15 is 0 Å². The van der Waals surface area contributed by atoms with E-state index in [1.165, 1.54) is 11.3 Å². The largest absolute Gasteiger partial charge is 0.347 e. The van der Waals surface area contributed by atoms with Crippen molar-refractivity contribution in [2.24, 2.45) is 0 Å². The fourth-order valence-corrected chi connectivity index (χ4v) is 5.96. The van der Waals surface area contributed by atoms with Gasteiger partial charge in [-0.3, -0.25) is 9.59 Å². The topological polar surface area (TPSA) is 49.4 Å². The molecule has 3 heterocycles. The molecule has 1 N–H and O–H groups in total. The van der Waals surface area contributed by atoms with E-state index in [0.29, 0.717) is 35.8 Å². The van der Waals surface area contributed by atoms with E-state index in [1.54, 1.807) is 11.0 Å². The zero-order chi connectivity index (χ0) is 20.4. The quantitative estimate of drug-likeness (QED) is 0.730. The average Bonchev–Trinajstić information content (AvgIpc) is 3.20. The van der Waals surface area contributed by atoms with Gasteiger partial charge in [-0.15, -0.1) is 11.3 Å². The van der Waals surface area contributed by atoms with Gasteiger partial charge in [-0.05, 0) is 30.0 Å². The first kappa shape index (κ1) is 19.0. The zero-order valence-electron chi connectivity index (χ0n) is 15.6. The number of rotatable bonds is 2. The first-order valence-electron chi connectivity index (χ1n) is 9.65. The van der Waals surface area contributed by atoms with Crippen LogP contribution in [-0.4, -0.2) is 41.3 Å². The average molecular weight is 437 g/mol. The SMILES string of the molecule is O=C1CCC2(CN(C(=O)c3sc4cc(C5=CCC(F)(F)CC5)ccc4c3Cl)C2)N1. The number of nitrogens with zero attached hydrogens (tertiary/aromatic N) is 1. The summed E-state index contributed by atoms with van der Waals surface area (Å²) in [6, 6.07) is 5.69. The Morgan fingerprint density at radius 2 is 2.00 bits per heavy atom. The van der Waals surface area contributed by atoms with Crippen molar-refractivity contribution >= 4 is 50.4 Å². The minimum absolute atomic E-state index is 0.0410. The number of thiophene rings is 1. The Morgan fingerprint density at radius 3 is 2.66 bits per heavy atom. The van der Waals surface area contributed by atoms with Gasteiger partial charge in [0.1, 0.15) is 4.88 Å². The number of fused-ring (bicyclic) bond motifs is 1. The number of carbonyl (C=O) groups excluding carboxylic acids is 2. The van der Waals surface area contributed by atoms with E-state index in [-0.39, 0.29) is 30.2 Å². The number of amides is 2. The number of benzene rings is 1. The Morgan fingerprint density at radius 1 is 1.21 bits per heavy atom. The maximum Gasteiger partial charge on any atom is 0.265 e. The Hall–Kier alpha value is -1.99. The highest BCUT2D eigenvalue weighted by Gasteiger charge is 2.49. The Balaban J connectivity index is 1.38. The maximum absolute atomic E-state index is 13.4. The van der Waals surface area contributed by atoms with Crippen molar-refractivity contribution in [2.75, 3.05) is 13.1 Å². The van der Waals surface area contributed by atoms with Crippen LogP contribution in [0, 0.1) is 0 Å². The fraction of sp³-hybridized carbons (Fsp3) is 0.429. The number of likely N-dealkylation sites (tertiary alicyclic amines) is 1. The molecule has 2 aromatic rings. The number of carbonyl (C=O) groups is 2. The van der Waals surface area contributed by atoms with Gasteiger partial charge in [0.2, 0.25) is 5.91 Å². The summed E-state index contributed by atoms with van der Waals surface area (Å²) < 4.78 is 27.7. The standard InChI is InChI=1S/C21H19ClF2N2O2S/c22-17-14-2-1-13(12-3-7-21(23,24)8-4-12)9-15(14)29-18(17)19(28)26-10-20(11-26)6-5-16(27)25-20/h1-3,9H,4-8,10-11H2,(H,25,27). The molecule has 0 unspecified atom stereocenters. The third-order valence-corrected chi connectivity index (χ3v) is 7.76. The summed E-state index contributed by atoms with van der Waals surface area (Å²) in [5.74, 6) is -2.70. The van der Waals surface area contributed by atoms with Crippen LogP contribution >= 0.6 is 22.9 Å². The molecule has 2 saturated heterocycles. The predicted octanol–water partition coefficient (Wildman–Crippen LogP) is 4.86. The Kier molecular flexibility index (Phi) is 4.26. The highest BCUT2D eigenvalue weighted by atomic mass is 35.5. The number of hydrogen-bond donors (Lipinski definition) is 1. The van der Waals surface area contributed by atoms with Crippen molar-refractivity contribution in [3.8, 4) is 0 Å². The molecule has 152 valence electrons. The molecular formula is C21H19ClF2N2O2S. The van der Waals surface area contributed by atoms with Gasteiger partial charge in [0.15, 0.2) is 0 Å². The molecule has 4 nitrogen and oxygen atoms in total. The van der Waals surface area contributed by atoms with Crippen molar-refractivity contribution in [3.63, 3.8) is 0 Å². The number of allylic oxidation sites excluding steroid dienone is 2. The third-order valence-electron chi connectivity index (χ3n) is 6.11. The molecule has 1 spiro atoms. The molecule has 8 heteroatoms. The van der Waals surface area contributed by atoms with E-state index in [2.05, 4.69) is 5.32 Å². The highest BCUT2D eigenvalue weighted by Crippen LogP contribution is 2.41. The second kappa shape index (κ2) is 6.51. The van der Waals surface area contributed by atoms with E-state index in [9.17, 15) is 18.4 Å². The molecule has 29 heavy (non-hydrogen) atoms. The second-order valence-electron chi connectivity index (χ2n) is 8.24. The summed E-state index contributed by atoms with van der Waals surface area (Å²) >= 11 is 7.84. The number of alkyl halides is 2. The molecule has 1 aromatic carbocycles. The number of nitrogens with one attached hydrogen (secondary N) is 1. The molecule has 0 saturated carbocycles. The van der Waals surface area contributed by atoms with E-state index in [0.717, 1.165) is 27.6 Å². The molecule has 1 aromatic heterocycles. The highest BCUT2D eigenvalue weighted by molar-refractivity contribution is 7.21. The normalized spacial score (nSPS) is 22.5. The van der Waals surface area contributed by atoms with Gasteiger partial charge in [-0.1, -0.05) is 29.8 Å². The Labute approximate surface area is 175 Å². The molecule has 0 radical (unpaired) electrons. The lowest BCUT2D eigenvalue weighted by Gasteiger charge is -2.47. The van der Waals surface area contributed by atoms with Gasteiger partial charge in [0, 0.05) is 42.4 Å². The summed E-state index contributed by atoms with van der Waals surface area (Å²) in [7, 11) is 0. The fourth-order valence-electron chi connectivity index (χ4n) is 4.44. The van der Waals surface area contributed by atoms with Gasteiger partial charge < -0.3 is 10.2 Å². The third kappa shape index (κ3) is 3.24. The minimum Gasteiger partial charge on any atom is -0.347 e. The van der Waals surface area contributed by atoms with E-state index in [4.69, 9.17) is 11.6 Å². The maximum atomic E-state index is 13.4. The van der Waals surface area contributed by atoms with Crippen LogP contribution in [-0.2, 0) is 4.79 Å². The van der Waals surface area contributed by atoms with Gasteiger partial charge in [0.05, 0.1) is 10.6 Å². The van der Waals surface area contributed by atoms with Crippen molar-refractivity contribution < 1.29 is 18.4 Å². The summed E-state index contributed by atoms with van der Waals surface area (Å²) in [4.78, 5) is 26.6. The van der Waals surface area contributed by atoms with Crippen LogP contribution in [0.25, 0.3) is 15.7 Å². The summed E-state index contributed by atoms with van der Waals surface area (Å²) in [6.07, 6.45) is 2.84. The lowest BCUT2D eigenvalue weighted by atomic mass is 9.88. The van der Waals surface area contributed by atoms with Gasteiger partial charge >= 0.3 is 0 Å². The molecule has 2 fully saturated rings. The molecule has 5 rings (SSSR count). The summed E-state index contributed by atoms with van der Waals surface area (Å²) in [5.41, 5.74) is 1.55. The van der Waals surface area contributed by atoms with Crippen LogP contribution in [0.1, 0.15) is 47.3 Å². The van der Waals surface area contributed by atoms with Crippen LogP contribution in [0.4, 0.5) is 8.78 Å². The smallest absolute Gasteiger partial charge is 0.265 e. The van der Waals surface area contributed by atoms with Gasteiger partial charge in [-0.2, -0.15) is 0 Å². The second-order valence-corrected chi connectivity index (χ2v) is 9.67. The van der Waals surface area contributed by atoms with Crippen molar-refractivity contribution in [1.29, 1.82) is 0 Å². The molecule has 3 aliphatic rings. The minimum atomic E-state index is -2.62. The molecule has 2 amide bonds. The first-order valence-corrected chi connectivity index (χ1v) is 10.8. The molecule has 2 aliphatic heterocycles. The molecule has 1 aliphatic carbocycles. The summed E-state index contributed by atoms with van der Waals surface area (Å²) in [5, 5.41) is 4.21. The van der Waals surface area contributed by atoms with Gasteiger partial charge in [0.25, 0.3) is 11.8 Å². The summed E-state index contributed by atoms with van der Waals surface area (Å²) in [6.45, 7) is 1.02. The lowest BCUT2D eigenvalue weighted by molar-refractivity contribution is -0.120.